The zero-order valence-corrected chi connectivity index (χ0v) is 11.0. The normalized spacial score (nSPS) is 11.6. The van der Waals surface area contributed by atoms with Crippen LogP contribution in [0.4, 0.5) is 5.69 Å². The lowest BCUT2D eigenvalue weighted by Crippen LogP contribution is -2.20. The summed E-state index contributed by atoms with van der Waals surface area (Å²) in [5.41, 5.74) is 7.34. The van der Waals surface area contributed by atoms with Crippen LogP contribution in [0.1, 0.15) is 18.4 Å². The van der Waals surface area contributed by atoms with Crippen LogP contribution < -0.4 is 10.6 Å². The van der Waals surface area contributed by atoms with Crippen molar-refractivity contribution < 1.29 is 9.94 Å². The minimum Gasteiger partial charge on any atom is -0.409 e. The minimum atomic E-state index is 0.129. The van der Waals surface area contributed by atoms with Crippen molar-refractivity contribution in [1.82, 2.24) is 0 Å². The van der Waals surface area contributed by atoms with E-state index in [1.54, 1.807) is 7.11 Å². The first-order valence-corrected chi connectivity index (χ1v) is 5.97. The SMILES string of the molecule is COCCCCN(C)c1cccc(/C(N)=N/O)c1. The second kappa shape index (κ2) is 7.55. The lowest BCUT2D eigenvalue weighted by molar-refractivity contribution is 0.193. The fourth-order valence-corrected chi connectivity index (χ4v) is 1.68. The molecule has 0 saturated heterocycles. The molecule has 5 heteroatoms. The molecule has 5 nitrogen and oxygen atoms in total. The molecule has 0 aliphatic rings. The fourth-order valence-electron chi connectivity index (χ4n) is 1.68. The Kier molecular flexibility index (Phi) is 6.00. The molecule has 1 rings (SSSR count). The Morgan fingerprint density at radius 3 is 2.89 bits per heavy atom. The van der Waals surface area contributed by atoms with Gasteiger partial charge in [-0.15, -0.1) is 0 Å². The average Bonchev–Trinajstić information content (AvgIpc) is 2.42. The number of unbranched alkanes of at least 4 members (excludes halogenated alkanes) is 1. The molecule has 0 aliphatic heterocycles. The molecule has 100 valence electrons. The molecule has 0 atom stereocenters. The highest BCUT2D eigenvalue weighted by molar-refractivity contribution is 5.97. The summed E-state index contributed by atoms with van der Waals surface area (Å²) in [5.74, 6) is 0.129. The molecular weight excluding hydrogens is 230 g/mol. The first kappa shape index (κ1) is 14.3. The van der Waals surface area contributed by atoms with Crippen LogP contribution in [-0.4, -0.2) is 38.4 Å². The molecule has 0 amide bonds. The highest BCUT2D eigenvalue weighted by atomic mass is 16.5. The molecule has 0 heterocycles. The highest BCUT2D eigenvalue weighted by Crippen LogP contribution is 2.15. The zero-order chi connectivity index (χ0) is 13.4. The van der Waals surface area contributed by atoms with Gasteiger partial charge in [0.05, 0.1) is 0 Å². The quantitative estimate of drug-likeness (QED) is 0.254. The van der Waals surface area contributed by atoms with E-state index < -0.39 is 0 Å². The van der Waals surface area contributed by atoms with Gasteiger partial charge in [-0.25, -0.2) is 0 Å². The van der Waals surface area contributed by atoms with Crippen molar-refractivity contribution in [3.63, 3.8) is 0 Å². The van der Waals surface area contributed by atoms with Gasteiger partial charge in [0.1, 0.15) is 0 Å². The van der Waals surface area contributed by atoms with E-state index in [4.69, 9.17) is 15.7 Å². The Morgan fingerprint density at radius 1 is 1.44 bits per heavy atom. The lowest BCUT2D eigenvalue weighted by Gasteiger charge is -2.19. The van der Waals surface area contributed by atoms with Gasteiger partial charge in [-0.2, -0.15) is 0 Å². The predicted octanol–water partition coefficient (Wildman–Crippen LogP) is 1.64. The van der Waals surface area contributed by atoms with Crippen LogP contribution in [0, 0.1) is 0 Å². The van der Waals surface area contributed by atoms with Crippen LogP contribution >= 0.6 is 0 Å². The molecule has 1 aromatic rings. The summed E-state index contributed by atoms with van der Waals surface area (Å²) in [6.45, 7) is 1.74. The third kappa shape index (κ3) is 4.25. The summed E-state index contributed by atoms with van der Waals surface area (Å²) >= 11 is 0. The van der Waals surface area contributed by atoms with Gasteiger partial charge in [-0.3, -0.25) is 0 Å². The zero-order valence-electron chi connectivity index (χ0n) is 11.0. The van der Waals surface area contributed by atoms with Crippen molar-refractivity contribution in [2.24, 2.45) is 10.9 Å². The van der Waals surface area contributed by atoms with Gasteiger partial charge in [0, 0.05) is 38.6 Å². The number of nitrogens with two attached hydrogens (primary N) is 1. The summed E-state index contributed by atoms with van der Waals surface area (Å²) < 4.78 is 5.02. The van der Waals surface area contributed by atoms with E-state index in [9.17, 15) is 0 Å². The standard InChI is InChI=1S/C13H21N3O2/c1-16(8-3-4-9-18-2)12-7-5-6-11(10-12)13(14)15-17/h5-7,10,17H,3-4,8-9H2,1-2H3,(H2,14,15). The van der Waals surface area contributed by atoms with Crippen molar-refractivity contribution in [3.05, 3.63) is 29.8 Å². The first-order chi connectivity index (χ1) is 8.69. The summed E-state index contributed by atoms with van der Waals surface area (Å²) in [7, 11) is 3.74. The number of hydrogen-bond acceptors (Lipinski definition) is 4. The Hall–Kier alpha value is -1.75. The second-order valence-corrected chi connectivity index (χ2v) is 4.16. The molecule has 0 radical (unpaired) electrons. The number of methoxy groups -OCH3 is 1. The van der Waals surface area contributed by atoms with Gasteiger partial charge in [0.2, 0.25) is 0 Å². The summed E-state index contributed by atoms with van der Waals surface area (Å²) in [6, 6.07) is 7.63. The maximum Gasteiger partial charge on any atom is 0.170 e. The molecule has 1 aromatic carbocycles. The van der Waals surface area contributed by atoms with Crippen LogP contribution in [0.25, 0.3) is 0 Å². The summed E-state index contributed by atoms with van der Waals surface area (Å²) in [4.78, 5) is 2.14. The minimum absolute atomic E-state index is 0.129. The number of hydrogen-bond donors (Lipinski definition) is 2. The van der Waals surface area contributed by atoms with Gasteiger partial charge in [-0.1, -0.05) is 17.3 Å². The number of oxime groups is 1. The van der Waals surface area contributed by atoms with Crippen molar-refractivity contribution in [1.29, 1.82) is 0 Å². The Balaban J connectivity index is 2.60. The molecule has 3 N–H and O–H groups in total. The maximum atomic E-state index is 8.65. The highest BCUT2D eigenvalue weighted by Gasteiger charge is 2.04. The topological polar surface area (TPSA) is 71.1 Å². The number of anilines is 1. The largest absolute Gasteiger partial charge is 0.409 e. The van der Waals surface area contributed by atoms with E-state index in [-0.39, 0.29) is 5.84 Å². The van der Waals surface area contributed by atoms with E-state index in [2.05, 4.69) is 10.1 Å². The number of ether oxygens (including phenoxy) is 1. The van der Waals surface area contributed by atoms with Crippen molar-refractivity contribution >= 4 is 11.5 Å². The lowest BCUT2D eigenvalue weighted by atomic mass is 10.1. The number of amidine groups is 1. The van der Waals surface area contributed by atoms with E-state index in [1.165, 1.54) is 0 Å². The van der Waals surface area contributed by atoms with Gasteiger partial charge < -0.3 is 20.6 Å². The Labute approximate surface area is 108 Å². The van der Waals surface area contributed by atoms with Crippen LogP contribution in [0.5, 0.6) is 0 Å². The summed E-state index contributed by atoms with van der Waals surface area (Å²) in [5, 5.41) is 11.7. The van der Waals surface area contributed by atoms with Gasteiger partial charge in [0.15, 0.2) is 5.84 Å². The van der Waals surface area contributed by atoms with Gasteiger partial charge >= 0.3 is 0 Å². The Morgan fingerprint density at radius 2 is 2.22 bits per heavy atom. The molecule has 18 heavy (non-hydrogen) atoms. The van der Waals surface area contributed by atoms with Crippen LogP contribution in [0.3, 0.4) is 0 Å². The molecular formula is C13H21N3O2. The molecule has 0 spiro atoms. The molecule has 0 unspecified atom stereocenters. The molecule has 0 fully saturated rings. The Bertz CT molecular complexity index is 394. The van der Waals surface area contributed by atoms with Gasteiger partial charge in [0.25, 0.3) is 0 Å². The fraction of sp³-hybridized carbons (Fsp3) is 0.462. The predicted molar refractivity (Wildman–Crippen MR) is 73.3 cm³/mol. The first-order valence-electron chi connectivity index (χ1n) is 5.97. The van der Waals surface area contributed by atoms with Crippen LogP contribution in [-0.2, 0) is 4.74 Å². The van der Waals surface area contributed by atoms with Crippen LogP contribution in [0.15, 0.2) is 29.4 Å². The maximum absolute atomic E-state index is 8.65. The van der Waals surface area contributed by atoms with Crippen LogP contribution in [0.2, 0.25) is 0 Å². The smallest absolute Gasteiger partial charge is 0.170 e. The molecule has 0 saturated carbocycles. The van der Waals surface area contributed by atoms with Gasteiger partial charge in [-0.05, 0) is 25.0 Å². The third-order valence-electron chi connectivity index (χ3n) is 2.78. The monoisotopic (exact) mass is 251 g/mol. The van der Waals surface area contributed by atoms with Crippen molar-refractivity contribution in [2.45, 2.75) is 12.8 Å². The van der Waals surface area contributed by atoms with E-state index >= 15 is 0 Å². The van der Waals surface area contributed by atoms with E-state index in [0.29, 0.717) is 0 Å². The molecule has 0 aromatic heterocycles. The number of benzene rings is 1. The summed E-state index contributed by atoms with van der Waals surface area (Å²) in [6.07, 6.45) is 2.11. The van der Waals surface area contributed by atoms with E-state index in [0.717, 1.165) is 37.2 Å². The number of nitrogens with zero attached hydrogens (tertiary/aromatic N) is 2. The van der Waals surface area contributed by atoms with E-state index in [1.807, 2.05) is 31.3 Å². The number of rotatable bonds is 7. The average molecular weight is 251 g/mol. The molecule has 0 bridgehead atoms. The van der Waals surface area contributed by atoms with Crippen molar-refractivity contribution in [3.8, 4) is 0 Å². The third-order valence-corrected chi connectivity index (χ3v) is 2.78. The van der Waals surface area contributed by atoms with Crippen molar-refractivity contribution in [2.75, 3.05) is 32.2 Å². The molecule has 0 aliphatic carbocycles. The second-order valence-electron chi connectivity index (χ2n) is 4.16.